The second-order valence-corrected chi connectivity index (χ2v) is 17.4. The fourth-order valence-corrected chi connectivity index (χ4v) is 10.5. The number of rotatable bonds is 9. The molecular formula is C67H50. The minimum atomic E-state index is 1.13. The summed E-state index contributed by atoms with van der Waals surface area (Å²) < 4.78 is 0. The Morgan fingerprint density at radius 2 is 0.791 bits per heavy atom. The molecule has 0 spiro atoms. The zero-order chi connectivity index (χ0) is 45.4. The monoisotopic (exact) mass is 854 g/mol. The number of fused-ring (bicyclic) bond motifs is 5. The molecule has 0 N–H and O–H groups in total. The van der Waals surface area contributed by atoms with Gasteiger partial charge in [0.15, 0.2) is 0 Å². The van der Waals surface area contributed by atoms with Crippen LogP contribution in [0, 0.1) is 0 Å². The second kappa shape index (κ2) is 17.6. The van der Waals surface area contributed by atoms with E-state index in [9.17, 15) is 0 Å². The number of allylic oxidation sites excluding steroid dienone is 5. The molecule has 0 aromatic heterocycles. The van der Waals surface area contributed by atoms with Crippen molar-refractivity contribution in [2.24, 2.45) is 0 Å². The summed E-state index contributed by atoms with van der Waals surface area (Å²) in [6.45, 7) is 10.4. The first kappa shape index (κ1) is 41.4. The maximum Gasteiger partial charge on any atom is -0.00259 e. The molecule has 0 unspecified atom stereocenters. The SMILES string of the molecule is C=Cc1ccc(-c2c3ccccc3c(-c3ccc4ccccc4c3)c3cc(-c4ccc(-c5ccc(-c6c7ccccc7c(C(/C=C\C)=C/C)c7ccccc67)cc5)cc4)ccc23)cc1/C=C\C. The first-order valence-corrected chi connectivity index (χ1v) is 23.4. The van der Waals surface area contributed by atoms with Crippen LogP contribution in [0.2, 0.25) is 0 Å². The molecule has 0 saturated heterocycles. The average molecular weight is 855 g/mol. The third-order valence-electron chi connectivity index (χ3n) is 13.6. The highest BCUT2D eigenvalue weighted by atomic mass is 14.2. The van der Waals surface area contributed by atoms with E-state index in [1.165, 1.54) is 121 Å². The van der Waals surface area contributed by atoms with Crippen molar-refractivity contribution in [3.05, 3.63) is 248 Å². The fourth-order valence-electron chi connectivity index (χ4n) is 10.5. The minimum absolute atomic E-state index is 1.13. The predicted octanol–water partition coefficient (Wildman–Crippen LogP) is 19.4. The van der Waals surface area contributed by atoms with Gasteiger partial charge in [-0.15, -0.1) is 0 Å². The summed E-state index contributed by atoms with van der Waals surface area (Å²) >= 11 is 0. The molecule has 0 radical (unpaired) electrons. The topological polar surface area (TPSA) is 0 Å². The molecule has 11 rings (SSSR count). The molecule has 0 atom stereocenters. The summed E-state index contributed by atoms with van der Waals surface area (Å²) in [5.74, 6) is 0. The molecule has 0 nitrogen and oxygen atoms in total. The molecule has 0 saturated carbocycles. The summed E-state index contributed by atoms with van der Waals surface area (Å²) in [5, 5.41) is 12.5. The Morgan fingerprint density at radius 1 is 0.343 bits per heavy atom. The zero-order valence-electron chi connectivity index (χ0n) is 38.2. The molecule has 0 heteroatoms. The van der Waals surface area contributed by atoms with Gasteiger partial charge in [0.2, 0.25) is 0 Å². The number of hydrogen-bond donors (Lipinski definition) is 0. The van der Waals surface area contributed by atoms with Crippen molar-refractivity contribution in [2.75, 3.05) is 0 Å². The van der Waals surface area contributed by atoms with E-state index in [-0.39, 0.29) is 0 Å². The molecule has 0 bridgehead atoms. The van der Waals surface area contributed by atoms with Crippen LogP contribution in [0.3, 0.4) is 0 Å². The van der Waals surface area contributed by atoms with Crippen LogP contribution >= 0.6 is 0 Å². The predicted molar refractivity (Wildman–Crippen MR) is 294 cm³/mol. The highest BCUT2D eigenvalue weighted by molar-refractivity contribution is 6.23. The molecule has 0 fully saturated rings. The van der Waals surface area contributed by atoms with Crippen molar-refractivity contribution in [1.82, 2.24) is 0 Å². The quantitative estimate of drug-likeness (QED) is 0.100. The van der Waals surface area contributed by atoms with Crippen molar-refractivity contribution < 1.29 is 0 Å². The van der Waals surface area contributed by atoms with Gasteiger partial charge in [0.1, 0.15) is 0 Å². The van der Waals surface area contributed by atoms with Crippen LogP contribution in [-0.4, -0.2) is 0 Å². The third kappa shape index (κ3) is 7.28. The van der Waals surface area contributed by atoms with Crippen LogP contribution in [0.5, 0.6) is 0 Å². The normalized spacial score (nSPS) is 12.1. The lowest BCUT2D eigenvalue weighted by Gasteiger charge is -2.19. The van der Waals surface area contributed by atoms with Crippen molar-refractivity contribution >= 4 is 71.6 Å². The van der Waals surface area contributed by atoms with Gasteiger partial charge in [-0.2, -0.15) is 0 Å². The van der Waals surface area contributed by atoms with E-state index in [0.29, 0.717) is 0 Å². The molecular weight excluding hydrogens is 805 g/mol. The van der Waals surface area contributed by atoms with E-state index < -0.39 is 0 Å². The number of benzene rings is 11. The fraction of sp³-hybridized carbons (Fsp3) is 0.0448. The van der Waals surface area contributed by atoms with Gasteiger partial charge in [-0.3, -0.25) is 0 Å². The van der Waals surface area contributed by atoms with Gasteiger partial charge in [0, 0.05) is 0 Å². The Hall–Kier alpha value is -8.32. The van der Waals surface area contributed by atoms with Gasteiger partial charge in [0.05, 0.1) is 0 Å². The second-order valence-electron chi connectivity index (χ2n) is 17.4. The standard InChI is InChI=1S/C67H50/c1-5-17-45(8-4)64-56-21-11-13-23-58(56)65(59-24-14-12-22-57(59)64)50-35-32-48(33-36-50)47-28-30-49(31-29-47)53-39-40-62-63(43-53)67(55-38-34-46-19-9-10-20-52(46)42-55)61-26-16-15-25-60(61)66(62)54-37-27-44(7-3)51(41-54)18-6-2/h5-43H,3H2,1-2,4H3/b17-5-,18-6-,45-8+. The van der Waals surface area contributed by atoms with Crippen LogP contribution in [0.4, 0.5) is 0 Å². The average Bonchev–Trinajstić information content (AvgIpc) is 3.39. The van der Waals surface area contributed by atoms with Crippen molar-refractivity contribution in [3.8, 4) is 55.6 Å². The largest absolute Gasteiger partial charge is 0.0984 e. The molecule has 0 aliphatic rings. The van der Waals surface area contributed by atoms with Gasteiger partial charge in [-0.25, -0.2) is 0 Å². The van der Waals surface area contributed by atoms with Crippen LogP contribution < -0.4 is 0 Å². The molecule has 318 valence electrons. The zero-order valence-corrected chi connectivity index (χ0v) is 38.2. The molecule has 0 heterocycles. The van der Waals surface area contributed by atoms with Gasteiger partial charge in [-0.05, 0) is 171 Å². The van der Waals surface area contributed by atoms with Crippen molar-refractivity contribution in [1.29, 1.82) is 0 Å². The summed E-state index contributed by atoms with van der Waals surface area (Å²) in [7, 11) is 0. The third-order valence-corrected chi connectivity index (χ3v) is 13.6. The van der Waals surface area contributed by atoms with Crippen molar-refractivity contribution in [3.63, 3.8) is 0 Å². The summed E-state index contributed by atoms with van der Waals surface area (Å²) in [6.07, 6.45) is 12.8. The van der Waals surface area contributed by atoms with E-state index in [1.807, 2.05) is 6.08 Å². The Bertz CT molecular complexity index is 3760. The van der Waals surface area contributed by atoms with Gasteiger partial charge < -0.3 is 0 Å². The lowest BCUT2D eigenvalue weighted by molar-refractivity contribution is 1.58. The maximum absolute atomic E-state index is 4.11. The lowest BCUT2D eigenvalue weighted by atomic mass is 9.84. The molecule has 0 aliphatic heterocycles. The number of hydrogen-bond acceptors (Lipinski definition) is 0. The van der Waals surface area contributed by atoms with Gasteiger partial charge in [-0.1, -0.05) is 225 Å². The Labute approximate surface area is 393 Å². The van der Waals surface area contributed by atoms with Crippen LogP contribution in [-0.2, 0) is 0 Å². The van der Waals surface area contributed by atoms with E-state index in [2.05, 4.69) is 258 Å². The Morgan fingerprint density at radius 3 is 1.37 bits per heavy atom. The highest BCUT2D eigenvalue weighted by Gasteiger charge is 2.20. The van der Waals surface area contributed by atoms with Crippen LogP contribution in [0.15, 0.2) is 231 Å². The molecule has 11 aromatic carbocycles. The Kier molecular flexibility index (Phi) is 10.9. The molecule has 0 aliphatic carbocycles. The molecule has 67 heavy (non-hydrogen) atoms. The van der Waals surface area contributed by atoms with E-state index in [4.69, 9.17) is 0 Å². The van der Waals surface area contributed by atoms with E-state index in [0.717, 1.165) is 11.1 Å². The van der Waals surface area contributed by atoms with Gasteiger partial charge >= 0.3 is 0 Å². The van der Waals surface area contributed by atoms with E-state index in [1.54, 1.807) is 0 Å². The summed E-state index contributed by atoms with van der Waals surface area (Å²) in [6, 6.07) is 74.3. The van der Waals surface area contributed by atoms with Gasteiger partial charge in [0.25, 0.3) is 0 Å². The van der Waals surface area contributed by atoms with Crippen LogP contribution in [0.1, 0.15) is 37.5 Å². The minimum Gasteiger partial charge on any atom is -0.0984 e. The van der Waals surface area contributed by atoms with Crippen molar-refractivity contribution in [2.45, 2.75) is 20.8 Å². The van der Waals surface area contributed by atoms with E-state index >= 15 is 0 Å². The molecule has 0 amide bonds. The molecule has 11 aromatic rings. The first-order chi connectivity index (χ1) is 33.1. The highest BCUT2D eigenvalue weighted by Crippen LogP contribution is 2.47. The summed E-state index contributed by atoms with van der Waals surface area (Å²) in [4.78, 5) is 0. The first-order valence-electron chi connectivity index (χ1n) is 23.4. The lowest BCUT2D eigenvalue weighted by Crippen LogP contribution is -1.93. The smallest absolute Gasteiger partial charge is 0.00259 e. The Balaban J connectivity index is 1.02. The maximum atomic E-state index is 4.11. The summed E-state index contributed by atoms with van der Waals surface area (Å²) in [5.41, 5.74) is 17.0. The van der Waals surface area contributed by atoms with Crippen LogP contribution in [0.25, 0.3) is 127 Å².